The van der Waals surface area contributed by atoms with Gasteiger partial charge in [0.25, 0.3) is 0 Å². The molecule has 0 radical (unpaired) electrons. The summed E-state index contributed by atoms with van der Waals surface area (Å²) in [6, 6.07) is 11.7. The van der Waals surface area contributed by atoms with Crippen molar-refractivity contribution < 1.29 is 23.0 Å². The Hall–Kier alpha value is -2.78. The summed E-state index contributed by atoms with van der Waals surface area (Å²) in [5, 5.41) is 5.97. The number of hydrogen-bond acceptors (Lipinski definition) is 4. The van der Waals surface area contributed by atoms with Crippen LogP contribution in [0.1, 0.15) is 32.1 Å². The molecule has 7 nitrogen and oxygen atoms in total. The highest BCUT2D eigenvalue weighted by Gasteiger charge is 2.24. The molecule has 3 rings (SSSR count). The summed E-state index contributed by atoms with van der Waals surface area (Å²) in [4.78, 5) is 39.1. The van der Waals surface area contributed by atoms with Crippen LogP contribution in [0.2, 0.25) is 5.02 Å². The molecule has 2 aromatic rings. The zero-order chi connectivity index (χ0) is 24.5. The van der Waals surface area contributed by atoms with E-state index in [4.69, 9.17) is 11.6 Å². The van der Waals surface area contributed by atoms with Crippen LogP contribution in [0.15, 0.2) is 48.5 Å². The first-order chi connectivity index (χ1) is 16.3. The number of amides is 3. The van der Waals surface area contributed by atoms with E-state index >= 15 is 0 Å². The monoisotopic (exact) mass is 507 g/mol. The van der Waals surface area contributed by atoms with E-state index in [1.54, 1.807) is 24.3 Å². The van der Waals surface area contributed by atoms with Crippen molar-refractivity contribution in [2.45, 2.75) is 38.1 Å². The normalized spacial score (nSPS) is 14.8. The zero-order valence-corrected chi connectivity index (χ0v) is 20.2. The molecule has 1 aliphatic rings. The SMILES string of the molecule is O=C(CS(=O)CC(=O)N(CC(=O)NC1CCCCC1)c1ccc(Cl)cc1)Nc1ccc(F)cc1. The number of carbonyl (C=O) groups excluding carboxylic acids is 3. The van der Waals surface area contributed by atoms with Crippen LogP contribution in [0.5, 0.6) is 0 Å². The largest absolute Gasteiger partial charge is 0.352 e. The van der Waals surface area contributed by atoms with E-state index in [1.165, 1.54) is 29.2 Å². The molecular formula is C24H27ClFN3O4S. The van der Waals surface area contributed by atoms with E-state index < -0.39 is 39.9 Å². The number of benzene rings is 2. The second-order valence-electron chi connectivity index (χ2n) is 8.14. The summed E-state index contributed by atoms with van der Waals surface area (Å²) in [6.45, 7) is -0.226. The molecule has 10 heteroatoms. The third kappa shape index (κ3) is 8.22. The quantitative estimate of drug-likeness (QED) is 0.541. The van der Waals surface area contributed by atoms with Crippen LogP contribution in [0, 0.1) is 5.82 Å². The van der Waals surface area contributed by atoms with Crippen molar-refractivity contribution in [3.05, 3.63) is 59.4 Å². The first-order valence-corrected chi connectivity index (χ1v) is 12.9. The molecule has 1 saturated carbocycles. The highest BCUT2D eigenvalue weighted by Crippen LogP contribution is 2.20. The fourth-order valence-corrected chi connectivity index (χ4v) is 4.78. The van der Waals surface area contributed by atoms with E-state index in [2.05, 4.69) is 10.6 Å². The Morgan fingerprint density at radius 3 is 2.24 bits per heavy atom. The minimum atomic E-state index is -1.81. The maximum Gasteiger partial charge on any atom is 0.240 e. The lowest BCUT2D eigenvalue weighted by atomic mass is 9.95. The molecule has 2 N–H and O–H groups in total. The second-order valence-corrected chi connectivity index (χ2v) is 10.0. The summed E-state index contributed by atoms with van der Waals surface area (Å²) >= 11 is 5.95. The van der Waals surface area contributed by atoms with Gasteiger partial charge in [-0.1, -0.05) is 30.9 Å². The zero-order valence-electron chi connectivity index (χ0n) is 18.6. The molecule has 0 saturated heterocycles. The van der Waals surface area contributed by atoms with E-state index in [0.29, 0.717) is 16.4 Å². The van der Waals surface area contributed by atoms with Gasteiger partial charge >= 0.3 is 0 Å². The van der Waals surface area contributed by atoms with Gasteiger partial charge in [0, 0.05) is 33.2 Å². The summed E-state index contributed by atoms with van der Waals surface area (Å²) in [6.07, 6.45) is 5.09. The average molecular weight is 508 g/mol. The summed E-state index contributed by atoms with van der Waals surface area (Å²) in [7, 11) is -1.81. The van der Waals surface area contributed by atoms with Crippen molar-refractivity contribution in [1.29, 1.82) is 0 Å². The Morgan fingerprint density at radius 2 is 1.59 bits per heavy atom. The van der Waals surface area contributed by atoms with Crippen LogP contribution >= 0.6 is 11.6 Å². The Kier molecular flexibility index (Phi) is 9.59. The van der Waals surface area contributed by atoms with E-state index in [-0.39, 0.29) is 18.5 Å². The van der Waals surface area contributed by atoms with Gasteiger partial charge in [-0.25, -0.2) is 4.39 Å². The van der Waals surface area contributed by atoms with E-state index in [9.17, 15) is 23.0 Å². The van der Waals surface area contributed by atoms with Crippen LogP contribution in [0.25, 0.3) is 0 Å². The van der Waals surface area contributed by atoms with Gasteiger partial charge in [-0.05, 0) is 61.4 Å². The molecule has 1 atom stereocenters. The number of nitrogens with zero attached hydrogens (tertiary/aromatic N) is 1. The Labute approximate surface area is 205 Å². The van der Waals surface area contributed by atoms with Gasteiger partial charge in [0.05, 0.1) is 0 Å². The van der Waals surface area contributed by atoms with Gasteiger partial charge in [0.15, 0.2) is 0 Å². The molecule has 3 amide bonds. The highest BCUT2D eigenvalue weighted by atomic mass is 35.5. The molecule has 1 fully saturated rings. The van der Waals surface area contributed by atoms with Crippen LogP contribution in [-0.2, 0) is 25.2 Å². The molecular weight excluding hydrogens is 481 g/mol. The maximum absolute atomic E-state index is 13.0. The third-order valence-corrected chi connectivity index (χ3v) is 6.82. The Bertz CT molecular complexity index is 1030. The predicted octanol–water partition coefficient (Wildman–Crippen LogP) is 3.65. The number of anilines is 2. The maximum atomic E-state index is 13.0. The number of halogens is 2. The van der Waals surface area contributed by atoms with Gasteiger partial charge in [0.2, 0.25) is 17.7 Å². The van der Waals surface area contributed by atoms with Crippen molar-refractivity contribution in [2.75, 3.05) is 28.3 Å². The topological polar surface area (TPSA) is 95.6 Å². The van der Waals surface area contributed by atoms with Crippen molar-refractivity contribution in [3.8, 4) is 0 Å². The number of carbonyl (C=O) groups is 3. The van der Waals surface area contributed by atoms with Crippen molar-refractivity contribution in [3.63, 3.8) is 0 Å². The number of rotatable bonds is 9. The van der Waals surface area contributed by atoms with Crippen molar-refractivity contribution in [1.82, 2.24) is 5.32 Å². The van der Waals surface area contributed by atoms with Crippen LogP contribution in [0.4, 0.5) is 15.8 Å². The Morgan fingerprint density at radius 1 is 0.941 bits per heavy atom. The molecule has 182 valence electrons. The lowest BCUT2D eigenvalue weighted by molar-refractivity contribution is -0.123. The number of hydrogen-bond donors (Lipinski definition) is 2. The van der Waals surface area contributed by atoms with Gasteiger partial charge in [-0.2, -0.15) is 0 Å². The van der Waals surface area contributed by atoms with E-state index in [0.717, 1.165) is 32.1 Å². The molecule has 1 unspecified atom stereocenters. The third-order valence-electron chi connectivity index (χ3n) is 5.42. The first-order valence-electron chi connectivity index (χ1n) is 11.1. The fraction of sp³-hybridized carbons (Fsp3) is 0.375. The highest BCUT2D eigenvalue weighted by molar-refractivity contribution is 7.86. The van der Waals surface area contributed by atoms with E-state index in [1.807, 2.05) is 0 Å². The fourth-order valence-electron chi connectivity index (χ4n) is 3.75. The molecule has 0 heterocycles. The molecule has 1 aliphatic carbocycles. The molecule has 0 aliphatic heterocycles. The predicted molar refractivity (Wildman–Crippen MR) is 132 cm³/mol. The molecule has 2 aromatic carbocycles. The molecule has 34 heavy (non-hydrogen) atoms. The van der Waals surface area contributed by atoms with Crippen LogP contribution in [-0.4, -0.2) is 46.0 Å². The van der Waals surface area contributed by atoms with Crippen LogP contribution in [0.3, 0.4) is 0 Å². The van der Waals surface area contributed by atoms with Crippen LogP contribution < -0.4 is 15.5 Å². The molecule has 0 spiro atoms. The first kappa shape index (κ1) is 25.8. The molecule has 0 aromatic heterocycles. The smallest absolute Gasteiger partial charge is 0.240 e. The second kappa shape index (κ2) is 12.6. The minimum Gasteiger partial charge on any atom is -0.352 e. The van der Waals surface area contributed by atoms with Gasteiger partial charge < -0.3 is 15.5 Å². The number of nitrogens with one attached hydrogen (secondary N) is 2. The van der Waals surface area contributed by atoms with Gasteiger partial charge in [-0.15, -0.1) is 0 Å². The lowest BCUT2D eigenvalue weighted by Crippen LogP contribution is -2.46. The lowest BCUT2D eigenvalue weighted by Gasteiger charge is -2.26. The van der Waals surface area contributed by atoms with Gasteiger partial charge in [0.1, 0.15) is 23.9 Å². The van der Waals surface area contributed by atoms with Crippen molar-refractivity contribution >= 4 is 51.5 Å². The summed E-state index contributed by atoms with van der Waals surface area (Å²) in [5.74, 6) is -2.70. The Balaban J connectivity index is 1.61. The van der Waals surface area contributed by atoms with Crippen molar-refractivity contribution in [2.24, 2.45) is 0 Å². The standard InChI is InChI=1S/C24H27ClFN3O4S/c25-17-6-12-21(13-7-17)29(14-22(30)27-19-4-2-1-3-5-19)24(32)16-34(33)15-23(31)28-20-10-8-18(26)9-11-20/h6-13,19H,1-5,14-16H2,(H,27,30)(H,28,31). The minimum absolute atomic E-state index is 0.0905. The summed E-state index contributed by atoms with van der Waals surface area (Å²) < 4.78 is 25.5. The van der Waals surface area contributed by atoms with Gasteiger partial charge in [-0.3, -0.25) is 18.6 Å². The molecule has 0 bridgehead atoms. The summed E-state index contributed by atoms with van der Waals surface area (Å²) in [5.41, 5.74) is 0.804. The average Bonchev–Trinajstić information content (AvgIpc) is 2.80.